The standard InChI is InChI=1S/C35H46O4/c1-3-4-8-15-30(36)22-23-31-32(16-11-5-6-12-17-34(37)38-2)35(25-33(31)39-26-35)24-27-18-20-29(21-19-27)28-13-9-7-10-14-28/h5,7,9-11,13-14,18-23,30-33,36H,3-4,6,8,12,15-17,24-26H2,1-2H3/b11-5-,23-22+/t30-,31-,32-,33-,35-/m1/s1. The molecular formula is C35H46O4. The quantitative estimate of drug-likeness (QED) is 0.146. The van der Waals surface area contributed by atoms with Gasteiger partial charge in [-0.15, -0.1) is 0 Å². The molecule has 1 aliphatic heterocycles. The van der Waals surface area contributed by atoms with E-state index in [0.29, 0.717) is 18.3 Å². The number of benzene rings is 2. The van der Waals surface area contributed by atoms with E-state index in [9.17, 15) is 9.90 Å². The van der Waals surface area contributed by atoms with Gasteiger partial charge in [-0.05, 0) is 61.1 Å². The molecule has 4 heteroatoms. The van der Waals surface area contributed by atoms with E-state index in [1.54, 1.807) is 0 Å². The number of ether oxygens (including phenoxy) is 2. The van der Waals surface area contributed by atoms with Crippen LogP contribution in [0.15, 0.2) is 78.9 Å². The number of hydrogen-bond acceptors (Lipinski definition) is 4. The van der Waals surface area contributed by atoms with Crippen molar-refractivity contribution >= 4 is 5.97 Å². The number of hydrogen-bond donors (Lipinski definition) is 1. The van der Waals surface area contributed by atoms with Crippen molar-refractivity contribution in [3.8, 4) is 11.1 Å². The van der Waals surface area contributed by atoms with Crippen molar-refractivity contribution in [2.24, 2.45) is 17.3 Å². The van der Waals surface area contributed by atoms with Gasteiger partial charge in [0, 0.05) is 17.8 Å². The summed E-state index contributed by atoms with van der Waals surface area (Å²) in [5, 5.41) is 10.6. The van der Waals surface area contributed by atoms with Gasteiger partial charge < -0.3 is 14.6 Å². The Kier molecular flexibility index (Phi) is 11.0. The van der Waals surface area contributed by atoms with E-state index in [1.807, 2.05) is 6.08 Å². The van der Waals surface area contributed by atoms with Crippen LogP contribution in [0.1, 0.15) is 70.3 Å². The van der Waals surface area contributed by atoms with Crippen molar-refractivity contribution in [2.45, 2.75) is 83.3 Å². The van der Waals surface area contributed by atoms with E-state index < -0.39 is 0 Å². The lowest BCUT2D eigenvalue weighted by Crippen LogP contribution is -2.37. The Hall–Kier alpha value is -2.69. The second-order valence-electron chi connectivity index (χ2n) is 11.5. The summed E-state index contributed by atoms with van der Waals surface area (Å²) < 4.78 is 11.1. The predicted molar refractivity (Wildman–Crippen MR) is 158 cm³/mol. The van der Waals surface area contributed by atoms with Gasteiger partial charge in [-0.1, -0.05) is 105 Å². The minimum Gasteiger partial charge on any atom is -0.469 e. The van der Waals surface area contributed by atoms with Crippen LogP contribution in [0.5, 0.6) is 0 Å². The number of allylic oxidation sites excluding steroid dienone is 2. The Morgan fingerprint density at radius 1 is 1.08 bits per heavy atom. The fraction of sp³-hybridized carbons (Fsp3) is 0.514. The van der Waals surface area contributed by atoms with Crippen LogP contribution in [0.4, 0.5) is 0 Å². The molecule has 2 aromatic rings. The van der Waals surface area contributed by atoms with Crippen LogP contribution in [0.3, 0.4) is 0 Å². The highest BCUT2D eigenvalue weighted by Crippen LogP contribution is 2.57. The van der Waals surface area contributed by atoms with Crippen LogP contribution in [0.2, 0.25) is 0 Å². The summed E-state index contributed by atoms with van der Waals surface area (Å²) >= 11 is 0. The summed E-state index contributed by atoms with van der Waals surface area (Å²) in [5.74, 6) is 0.623. The molecule has 2 aromatic carbocycles. The van der Waals surface area contributed by atoms with Crippen LogP contribution in [0, 0.1) is 17.3 Å². The maximum atomic E-state index is 11.4. The maximum Gasteiger partial charge on any atom is 0.305 e. The molecule has 0 amide bonds. The summed E-state index contributed by atoms with van der Waals surface area (Å²) in [6, 6.07) is 19.6. The van der Waals surface area contributed by atoms with Gasteiger partial charge >= 0.3 is 5.97 Å². The number of aliphatic hydroxyl groups excluding tert-OH is 1. The van der Waals surface area contributed by atoms with Gasteiger partial charge in [0.05, 0.1) is 25.9 Å². The van der Waals surface area contributed by atoms with Gasteiger partial charge in [0.1, 0.15) is 0 Å². The molecule has 1 heterocycles. The molecule has 1 saturated heterocycles. The Bertz CT molecular complexity index is 1070. The minimum atomic E-state index is -0.383. The van der Waals surface area contributed by atoms with Crippen LogP contribution >= 0.6 is 0 Å². The second-order valence-corrected chi connectivity index (χ2v) is 11.5. The number of aliphatic hydroxyl groups is 1. The first-order chi connectivity index (χ1) is 19.0. The Labute approximate surface area is 235 Å². The van der Waals surface area contributed by atoms with E-state index in [0.717, 1.165) is 64.4 Å². The average Bonchev–Trinajstić information content (AvgIpc) is 3.50. The summed E-state index contributed by atoms with van der Waals surface area (Å²) in [6.45, 7) is 2.99. The molecule has 1 N–H and O–H groups in total. The van der Waals surface area contributed by atoms with Crippen molar-refractivity contribution in [2.75, 3.05) is 13.7 Å². The highest BCUT2D eigenvalue weighted by Gasteiger charge is 2.57. The first-order valence-corrected chi connectivity index (χ1v) is 14.9. The van der Waals surface area contributed by atoms with Crippen LogP contribution < -0.4 is 0 Å². The molecule has 5 atom stereocenters. The third kappa shape index (κ3) is 7.93. The van der Waals surface area contributed by atoms with Crippen LogP contribution in [-0.4, -0.2) is 37.0 Å². The molecule has 1 aliphatic carbocycles. The Morgan fingerprint density at radius 3 is 2.59 bits per heavy atom. The third-order valence-corrected chi connectivity index (χ3v) is 8.69. The van der Waals surface area contributed by atoms with Crippen molar-refractivity contribution in [3.63, 3.8) is 0 Å². The summed E-state index contributed by atoms with van der Waals surface area (Å²) in [6.07, 6.45) is 18.1. The van der Waals surface area contributed by atoms with Crippen LogP contribution in [0.25, 0.3) is 11.1 Å². The number of esters is 1. The third-order valence-electron chi connectivity index (χ3n) is 8.69. The fourth-order valence-corrected chi connectivity index (χ4v) is 6.52. The predicted octanol–water partition coefficient (Wildman–Crippen LogP) is 7.70. The van der Waals surface area contributed by atoms with Gasteiger partial charge in [0.15, 0.2) is 0 Å². The maximum absolute atomic E-state index is 11.4. The normalized spacial score (nSPS) is 25.1. The molecule has 2 fully saturated rings. The highest BCUT2D eigenvalue weighted by molar-refractivity contribution is 5.69. The first kappa shape index (κ1) is 29.3. The minimum absolute atomic E-state index is 0.0947. The molecule has 210 valence electrons. The summed E-state index contributed by atoms with van der Waals surface area (Å²) in [5.41, 5.74) is 3.94. The number of unbranched alkanes of at least 4 members (excludes halogenated alkanes) is 3. The number of carbonyl (C=O) groups is 1. The fourth-order valence-electron chi connectivity index (χ4n) is 6.52. The van der Waals surface area contributed by atoms with E-state index in [2.05, 4.69) is 79.7 Å². The van der Waals surface area contributed by atoms with Crippen molar-refractivity contribution in [1.29, 1.82) is 0 Å². The second kappa shape index (κ2) is 14.6. The smallest absolute Gasteiger partial charge is 0.305 e. The molecule has 0 unspecified atom stereocenters. The van der Waals surface area contributed by atoms with Gasteiger partial charge in [-0.3, -0.25) is 4.79 Å². The molecule has 2 aliphatic rings. The molecule has 0 radical (unpaired) electrons. The van der Waals surface area contributed by atoms with Gasteiger partial charge in [0.2, 0.25) is 0 Å². The van der Waals surface area contributed by atoms with Gasteiger partial charge in [-0.2, -0.15) is 0 Å². The average molecular weight is 531 g/mol. The lowest BCUT2D eigenvalue weighted by atomic mass is 9.70. The number of methoxy groups -OCH3 is 1. The van der Waals surface area contributed by atoms with E-state index in [4.69, 9.17) is 9.47 Å². The molecule has 1 saturated carbocycles. The zero-order valence-corrected chi connectivity index (χ0v) is 23.8. The lowest BCUT2D eigenvalue weighted by molar-refractivity contribution is -0.140. The first-order valence-electron chi connectivity index (χ1n) is 14.9. The molecule has 4 nitrogen and oxygen atoms in total. The van der Waals surface area contributed by atoms with Crippen molar-refractivity contribution < 1.29 is 19.4 Å². The van der Waals surface area contributed by atoms with Gasteiger partial charge in [0.25, 0.3) is 0 Å². The summed E-state index contributed by atoms with van der Waals surface area (Å²) in [4.78, 5) is 11.4. The van der Waals surface area contributed by atoms with Crippen molar-refractivity contribution in [3.05, 3.63) is 84.5 Å². The molecular weight excluding hydrogens is 484 g/mol. The zero-order chi connectivity index (χ0) is 27.5. The number of fused-ring (bicyclic) bond motifs is 2. The van der Waals surface area contributed by atoms with Crippen molar-refractivity contribution in [1.82, 2.24) is 0 Å². The van der Waals surface area contributed by atoms with E-state index >= 15 is 0 Å². The molecule has 4 rings (SSSR count). The van der Waals surface area contributed by atoms with E-state index in [1.165, 1.54) is 23.8 Å². The largest absolute Gasteiger partial charge is 0.469 e. The molecule has 2 bridgehead atoms. The lowest BCUT2D eigenvalue weighted by Gasteiger charge is -2.38. The van der Waals surface area contributed by atoms with Crippen LogP contribution in [-0.2, 0) is 20.7 Å². The topological polar surface area (TPSA) is 55.8 Å². The van der Waals surface area contributed by atoms with E-state index in [-0.39, 0.29) is 23.6 Å². The van der Waals surface area contributed by atoms with Gasteiger partial charge in [-0.25, -0.2) is 0 Å². The highest BCUT2D eigenvalue weighted by atomic mass is 16.5. The number of carbonyl (C=O) groups excluding carboxylic acids is 1. The molecule has 39 heavy (non-hydrogen) atoms. The SMILES string of the molecule is CCCCC[C@@H](O)/C=C/[C@@H]1[C@@H](C/C=C\CCCC(=O)OC)[C@@]2(Cc3ccc(-c4ccccc4)cc3)CO[C@@H]1C2. The molecule has 0 spiro atoms. The monoisotopic (exact) mass is 530 g/mol. The zero-order valence-electron chi connectivity index (χ0n) is 23.8. The molecule has 0 aromatic heterocycles. The number of rotatable bonds is 15. The Balaban J connectivity index is 1.46. The summed E-state index contributed by atoms with van der Waals surface area (Å²) in [7, 11) is 1.44. The Morgan fingerprint density at radius 2 is 1.85 bits per heavy atom.